The summed E-state index contributed by atoms with van der Waals surface area (Å²) in [7, 11) is 0. The van der Waals surface area contributed by atoms with Crippen LogP contribution < -0.4 is 10.7 Å². The van der Waals surface area contributed by atoms with Gasteiger partial charge in [-0.05, 0) is 29.8 Å². The van der Waals surface area contributed by atoms with E-state index >= 15 is 0 Å². The molecule has 0 bridgehead atoms. The molecule has 0 aliphatic carbocycles. The summed E-state index contributed by atoms with van der Waals surface area (Å²) in [4.78, 5) is 27.1. The molecule has 0 aliphatic rings. The third-order valence-electron chi connectivity index (χ3n) is 2.60. The lowest BCUT2D eigenvalue weighted by Gasteiger charge is -2.03. The highest BCUT2D eigenvalue weighted by molar-refractivity contribution is 9.10. The van der Waals surface area contributed by atoms with Crippen molar-refractivity contribution in [2.24, 2.45) is 5.10 Å². The van der Waals surface area contributed by atoms with Crippen LogP contribution in [0.2, 0.25) is 0 Å². The molecule has 6 nitrogen and oxygen atoms in total. The van der Waals surface area contributed by atoms with Crippen LogP contribution >= 0.6 is 15.9 Å². The van der Waals surface area contributed by atoms with Crippen molar-refractivity contribution in [3.63, 3.8) is 0 Å². The van der Waals surface area contributed by atoms with E-state index < -0.39 is 5.91 Å². The van der Waals surface area contributed by atoms with E-state index in [-0.39, 0.29) is 12.5 Å². The fraction of sp³-hybridized carbons (Fsp3) is 0.0667. The molecule has 1 aromatic carbocycles. The molecule has 0 saturated heterocycles. The van der Waals surface area contributed by atoms with Crippen molar-refractivity contribution in [2.75, 3.05) is 6.54 Å². The molecule has 0 saturated carbocycles. The van der Waals surface area contributed by atoms with Crippen LogP contribution in [0.4, 0.5) is 0 Å². The molecule has 0 unspecified atom stereocenters. The Morgan fingerprint density at radius 3 is 2.73 bits per heavy atom. The Labute approximate surface area is 135 Å². The van der Waals surface area contributed by atoms with Gasteiger partial charge in [0.15, 0.2) is 0 Å². The second-order valence-corrected chi connectivity index (χ2v) is 5.18. The van der Waals surface area contributed by atoms with Crippen LogP contribution in [-0.2, 0) is 4.79 Å². The first-order valence-corrected chi connectivity index (χ1v) is 7.20. The topological polar surface area (TPSA) is 83.5 Å². The van der Waals surface area contributed by atoms with Crippen molar-refractivity contribution in [2.45, 2.75) is 0 Å². The summed E-state index contributed by atoms with van der Waals surface area (Å²) in [5.74, 6) is -0.748. The molecule has 7 heteroatoms. The molecule has 1 aromatic heterocycles. The predicted octanol–water partition coefficient (Wildman–Crippen LogP) is 1.72. The highest BCUT2D eigenvalue weighted by Gasteiger charge is 2.06. The fourth-order valence-electron chi connectivity index (χ4n) is 1.57. The second-order valence-electron chi connectivity index (χ2n) is 4.27. The number of hydrogen-bond acceptors (Lipinski definition) is 4. The molecule has 0 radical (unpaired) electrons. The van der Waals surface area contributed by atoms with Gasteiger partial charge in [-0.1, -0.05) is 28.1 Å². The predicted molar refractivity (Wildman–Crippen MR) is 86.4 cm³/mol. The van der Waals surface area contributed by atoms with Crippen molar-refractivity contribution in [1.29, 1.82) is 0 Å². The number of carbonyl (C=O) groups excluding carboxylic acids is 2. The zero-order valence-electron chi connectivity index (χ0n) is 11.5. The Morgan fingerprint density at radius 2 is 2.00 bits per heavy atom. The molecular formula is C15H13BrN4O2. The molecule has 2 N–H and O–H groups in total. The van der Waals surface area contributed by atoms with Crippen LogP contribution in [0, 0.1) is 0 Å². The Hall–Kier alpha value is -2.54. The Bertz CT molecular complexity index is 689. The largest absolute Gasteiger partial charge is 0.343 e. The van der Waals surface area contributed by atoms with Crippen LogP contribution in [0.5, 0.6) is 0 Å². The number of nitrogens with zero attached hydrogens (tertiary/aromatic N) is 2. The van der Waals surface area contributed by atoms with Gasteiger partial charge in [0.2, 0.25) is 0 Å². The van der Waals surface area contributed by atoms with Gasteiger partial charge in [-0.15, -0.1) is 0 Å². The Morgan fingerprint density at radius 1 is 1.23 bits per heavy atom. The summed E-state index contributed by atoms with van der Waals surface area (Å²) < 4.78 is 0.924. The highest BCUT2D eigenvalue weighted by atomic mass is 79.9. The third-order valence-corrected chi connectivity index (χ3v) is 3.10. The normalized spacial score (nSPS) is 10.4. The second kappa shape index (κ2) is 8.04. The lowest BCUT2D eigenvalue weighted by Crippen LogP contribution is -2.34. The first kappa shape index (κ1) is 15.8. The first-order valence-electron chi connectivity index (χ1n) is 6.41. The van der Waals surface area contributed by atoms with Crippen molar-refractivity contribution in [3.05, 3.63) is 64.4 Å². The summed E-state index contributed by atoms with van der Waals surface area (Å²) in [5, 5.41) is 6.32. The number of rotatable bonds is 5. The maximum absolute atomic E-state index is 11.7. The number of pyridine rings is 1. The van der Waals surface area contributed by atoms with Gasteiger partial charge in [-0.2, -0.15) is 5.10 Å². The standard InChI is InChI=1S/C15H13BrN4O2/c16-13-3-1-2-11(8-13)9-19-20-14(21)10-18-15(22)12-4-6-17-7-5-12/h1-9H,10H2,(H,18,22)(H,20,21). The average Bonchev–Trinajstić information content (AvgIpc) is 2.53. The van der Waals surface area contributed by atoms with Gasteiger partial charge in [-0.3, -0.25) is 14.6 Å². The SMILES string of the molecule is O=C(CNC(=O)c1ccncc1)NN=Cc1cccc(Br)c1. The van der Waals surface area contributed by atoms with E-state index in [1.165, 1.54) is 18.6 Å². The lowest BCUT2D eigenvalue weighted by molar-refractivity contribution is -0.120. The van der Waals surface area contributed by atoms with Gasteiger partial charge in [-0.25, -0.2) is 5.43 Å². The zero-order chi connectivity index (χ0) is 15.8. The van der Waals surface area contributed by atoms with Crippen molar-refractivity contribution < 1.29 is 9.59 Å². The van der Waals surface area contributed by atoms with Gasteiger partial charge in [0.25, 0.3) is 11.8 Å². The molecule has 22 heavy (non-hydrogen) atoms. The molecule has 0 fully saturated rings. The molecule has 2 amide bonds. The van der Waals surface area contributed by atoms with Crippen LogP contribution in [-0.4, -0.2) is 29.6 Å². The number of benzene rings is 1. The summed E-state index contributed by atoms with van der Waals surface area (Å²) in [5.41, 5.74) is 3.63. The fourth-order valence-corrected chi connectivity index (χ4v) is 1.99. The quantitative estimate of drug-likeness (QED) is 0.628. The number of halogens is 1. The molecular weight excluding hydrogens is 348 g/mol. The third kappa shape index (κ3) is 5.10. The number of nitrogens with one attached hydrogen (secondary N) is 2. The number of aromatic nitrogens is 1. The first-order chi connectivity index (χ1) is 10.6. The molecule has 0 atom stereocenters. The van der Waals surface area contributed by atoms with Crippen molar-refractivity contribution in [3.8, 4) is 0 Å². The number of hydrazone groups is 1. The smallest absolute Gasteiger partial charge is 0.259 e. The average molecular weight is 361 g/mol. The van der Waals surface area contributed by atoms with Crippen molar-refractivity contribution >= 4 is 34.0 Å². The van der Waals surface area contributed by atoms with E-state index in [4.69, 9.17) is 0 Å². The Kier molecular flexibility index (Phi) is 5.79. The molecule has 2 rings (SSSR count). The molecule has 0 aliphatic heterocycles. The van der Waals surface area contributed by atoms with Gasteiger partial charge < -0.3 is 5.32 Å². The molecule has 112 valence electrons. The number of amides is 2. The maximum atomic E-state index is 11.7. The van der Waals surface area contributed by atoms with E-state index in [0.717, 1.165) is 10.0 Å². The highest BCUT2D eigenvalue weighted by Crippen LogP contribution is 2.09. The molecule has 1 heterocycles. The van der Waals surface area contributed by atoms with Crippen molar-refractivity contribution in [1.82, 2.24) is 15.7 Å². The van der Waals surface area contributed by atoms with Gasteiger partial charge in [0.05, 0.1) is 12.8 Å². The summed E-state index contributed by atoms with van der Waals surface area (Å²) in [6.07, 6.45) is 4.54. The summed E-state index contributed by atoms with van der Waals surface area (Å²) in [6, 6.07) is 10.6. The molecule has 2 aromatic rings. The maximum Gasteiger partial charge on any atom is 0.259 e. The minimum absolute atomic E-state index is 0.156. The van der Waals surface area contributed by atoms with Crippen LogP contribution in [0.3, 0.4) is 0 Å². The summed E-state index contributed by atoms with van der Waals surface area (Å²) >= 11 is 3.35. The molecule has 0 spiro atoms. The van der Waals surface area contributed by atoms with Gasteiger partial charge in [0.1, 0.15) is 0 Å². The summed E-state index contributed by atoms with van der Waals surface area (Å²) in [6.45, 7) is -0.156. The van der Waals surface area contributed by atoms with Crippen LogP contribution in [0.25, 0.3) is 0 Å². The van der Waals surface area contributed by atoms with Crippen LogP contribution in [0.1, 0.15) is 15.9 Å². The van der Waals surface area contributed by atoms with E-state index in [1.807, 2.05) is 24.3 Å². The van der Waals surface area contributed by atoms with E-state index in [2.05, 4.69) is 36.8 Å². The number of carbonyl (C=O) groups is 2. The monoisotopic (exact) mass is 360 g/mol. The Balaban J connectivity index is 1.77. The van der Waals surface area contributed by atoms with E-state index in [9.17, 15) is 9.59 Å². The van der Waals surface area contributed by atoms with Gasteiger partial charge >= 0.3 is 0 Å². The number of hydrogen-bond donors (Lipinski definition) is 2. The minimum atomic E-state index is -0.409. The zero-order valence-corrected chi connectivity index (χ0v) is 13.1. The van der Waals surface area contributed by atoms with Crippen LogP contribution in [0.15, 0.2) is 58.4 Å². The minimum Gasteiger partial charge on any atom is -0.343 e. The lowest BCUT2D eigenvalue weighted by atomic mass is 10.2. The van der Waals surface area contributed by atoms with Gasteiger partial charge in [0, 0.05) is 22.4 Å². The van der Waals surface area contributed by atoms with E-state index in [0.29, 0.717) is 5.56 Å². The van der Waals surface area contributed by atoms with E-state index in [1.54, 1.807) is 12.1 Å².